The molecule has 0 spiro atoms. The van der Waals surface area contributed by atoms with Gasteiger partial charge < -0.3 is 15.4 Å². The molecule has 1 amide bonds. The van der Waals surface area contributed by atoms with Gasteiger partial charge in [-0.15, -0.1) is 12.4 Å². The quantitative estimate of drug-likeness (QED) is 0.781. The van der Waals surface area contributed by atoms with Crippen LogP contribution in [0.15, 0.2) is 0 Å². The number of rotatable bonds is 5. The third kappa shape index (κ3) is 5.12. The number of nitrogens with zero attached hydrogens (tertiary/aromatic N) is 1. The SMILES string of the molecule is CCCCOCC(=O)N1CCC(N)C(C)(C)C1.Cl. The topological polar surface area (TPSA) is 55.6 Å². The van der Waals surface area contributed by atoms with Gasteiger partial charge in [0.25, 0.3) is 0 Å². The molecule has 0 aromatic rings. The predicted molar refractivity (Wildman–Crippen MR) is 75.9 cm³/mol. The van der Waals surface area contributed by atoms with Crippen LogP contribution in [0.3, 0.4) is 0 Å². The van der Waals surface area contributed by atoms with Crippen molar-refractivity contribution in [3.63, 3.8) is 0 Å². The number of nitrogens with two attached hydrogens (primary N) is 1. The number of carbonyl (C=O) groups excluding carboxylic acids is 1. The van der Waals surface area contributed by atoms with E-state index in [1.54, 1.807) is 0 Å². The highest BCUT2D eigenvalue weighted by atomic mass is 35.5. The van der Waals surface area contributed by atoms with Gasteiger partial charge in [-0.2, -0.15) is 0 Å². The van der Waals surface area contributed by atoms with Crippen LogP contribution in [0.2, 0.25) is 0 Å². The number of amides is 1. The molecule has 1 saturated heterocycles. The van der Waals surface area contributed by atoms with Gasteiger partial charge in [0.05, 0.1) is 0 Å². The van der Waals surface area contributed by atoms with Crippen molar-refractivity contribution in [2.45, 2.75) is 46.1 Å². The molecule has 18 heavy (non-hydrogen) atoms. The predicted octanol–water partition coefficient (Wildman–Crippen LogP) is 1.81. The molecule has 1 aliphatic rings. The van der Waals surface area contributed by atoms with E-state index in [9.17, 15) is 4.79 Å². The number of hydrogen-bond donors (Lipinski definition) is 1. The zero-order valence-corrected chi connectivity index (χ0v) is 12.6. The Morgan fingerprint density at radius 2 is 2.17 bits per heavy atom. The van der Waals surface area contributed by atoms with Crippen LogP contribution >= 0.6 is 12.4 Å². The van der Waals surface area contributed by atoms with Crippen molar-refractivity contribution in [2.24, 2.45) is 11.1 Å². The third-order valence-electron chi connectivity index (χ3n) is 3.53. The summed E-state index contributed by atoms with van der Waals surface area (Å²) in [5.74, 6) is 0.0982. The lowest BCUT2D eigenvalue weighted by Gasteiger charge is -2.42. The Balaban J connectivity index is 0.00000289. The van der Waals surface area contributed by atoms with Crippen molar-refractivity contribution in [2.75, 3.05) is 26.3 Å². The van der Waals surface area contributed by atoms with E-state index in [4.69, 9.17) is 10.5 Å². The fourth-order valence-electron chi connectivity index (χ4n) is 2.08. The first-order valence-electron chi connectivity index (χ1n) is 6.58. The number of unbranched alkanes of at least 4 members (excludes halogenated alkanes) is 1. The van der Waals surface area contributed by atoms with Gasteiger partial charge in [-0.05, 0) is 18.3 Å². The molecule has 0 aromatic carbocycles. The Kier molecular flexibility index (Phi) is 7.83. The summed E-state index contributed by atoms with van der Waals surface area (Å²) < 4.78 is 5.36. The Morgan fingerprint density at radius 1 is 1.50 bits per heavy atom. The largest absolute Gasteiger partial charge is 0.372 e. The lowest BCUT2D eigenvalue weighted by atomic mass is 9.80. The van der Waals surface area contributed by atoms with Crippen molar-refractivity contribution in [3.8, 4) is 0 Å². The van der Waals surface area contributed by atoms with Gasteiger partial charge >= 0.3 is 0 Å². The summed E-state index contributed by atoms with van der Waals surface area (Å²) in [7, 11) is 0. The van der Waals surface area contributed by atoms with E-state index < -0.39 is 0 Å². The molecule has 2 N–H and O–H groups in total. The molecule has 108 valence electrons. The highest BCUT2D eigenvalue weighted by Crippen LogP contribution is 2.27. The highest BCUT2D eigenvalue weighted by molar-refractivity contribution is 5.85. The van der Waals surface area contributed by atoms with Gasteiger partial charge in [-0.3, -0.25) is 4.79 Å². The van der Waals surface area contributed by atoms with Crippen molar-refractivity contribution in [1.82, 2.24) is 4.90 Å². The van der Waals surface area contributed by atoms with E-state index in [1.807, 2.05) is 4.90 Å². The maximum Gasteiger partial charge on any atom is 0.248 e. The van der Waals surface area contributed by atoms with Crippen LogP contribution in [-0.2, 0) is 9.53 Å². The average Bonchev–Trinajstić information content (AvgIpc) is 2.28. The molecule has 1 atom stereocenters. The van der Waals surface area contributed by atoms with Crippen molar-refractivity contribution < 1.29 is 9.53 Å². The van der Waals surface area contributed by atoms with Gasteiger partial charge in [0.1, 0.15) is 6.61 Å². The molecule has 1 heterocycles. The smallest absolute Gasteiger partial charge is 0.248 e. The van der Waals surface area contributed by atoms with Gasteiger partial charge in [0.2, 0.25) is 5.91 Å². The molecule has 0 saturated carbocycles. The van der Waals surface area contributed by atoms with E-state index in [1.165, 1.54) is 0 Å². The first-order chi connectivity index (χ1) is 7.97. The minimum absolute atomic E-state index is 0. The Bertz CT molecular complexity index is 259. The zero-order valence-electron chi connectivity index (χ0n) is 11.8. The summed E-state index contributed by atoms with van der Waals surface area (Å²) >= 11 is 0. The van der Waals surface area contributed by atoms with E-state index in [0.717, 1.165) is 32.4 Å². The van der Waals surface area contributed by atoms with Crippen LogP contribution in [0.1, 0.15) is 40.0 Å². The summed E-state index contributed by atoms with van der Waals surface area (Å²) in [4.78, 5) is 13.8. The van der Waals surface area contributed by atoms with Crippen LogP contribution in [0, 0.1) is 5.41 Å². The average molecular weight is 279 g/mol. The van der Waals surface area contributed by atoms with Gasteiger partial charge in [0.15, 0.2) is 0 Å². The molecule has 1 rings (SSSR count). The molecule has 0 bridgehead atoms. The van der Waals surface area contributed by atoms with Crippen LogP contribution < -0.4 is 5.73 Å². The number of hydrogen-bond acceptors (Lipinski definition) is 3. The molecule has 0 aromatic heterocycles. The number of carbonyl (C=O) groups is 1. The second-order valence-electron chi connectivity index (χ2n) is 5.61. The first-order valence-corrected chi connectivity index (χ1v) is 6.58. The lowest BCUT2D eigenvalue weighted by Crippen LogP contribution is -2.54. The summed E-state index contributed by atoms with van der Waals surface area (Å²) in [5, 5.41) is 0. The van der Waals surface area contributed by atoms with Gasteiger partial charge in [0, 0.05) is 25.7 Å². The molecule has 4 nitrogen and oxygen atoms in total. The summed E-state index contributed by atoms with van der Waals surface area (Å²) in [6.07, 6.45) is 3.00. The highest BCUT2D eigenvalue weighted by Gasteiger charge is 2.35. The number of piperidine rings is 1. The van der Waals surface area contributed by atoms with Crippen molar-refractivity contribution in [1.29, 1.82) is 0 Å². The molecular weight excluding hydrogens is 252 g/mol. The first kappa shape index (κ1) is 17.7. The third-order valence-corrected chi connectivity index (χ3v) is 3.53. The summed E-state index contributed by atoms with van der Waals surface area (Å²) in [6, 6.07) is 0.188. The fourth-order valence-corrected chi connectivity index (χ4v) is 2.08. The van der Waals surface area contributed by atoms with Crippen LogP contribution in [-0.4, -0.2) is 43.2 Å². The van der Waals surface area contributed by atoms with Gasteiger partial charge in [-0.25, -0.2) is 0 Å². The molecule has 0 radical (unpaired) electrons. The maximum absolute atomic E-state index is 11.9. The Labute approximate surface area is 117 Å². The van der Waals surface area contributed by atoms with E-state index in [2.05, 4.69) is 20.8 Å². The molecule has 5 heteroatoms. The molecule has 1 unspecified atom stereocenters. The number of ether oxygens (including phenoxy) is 1. The van der Waals surface area contributed by atoms with Gasteiger partial charge in [-0.1, -0.05) is 27.2 Å². The molecular formula is C13H27ClN2O2. The Morgan fingerprint density at radius 3 is 2.72 bits per heavy atom. The normalized spacial score (nSPS) is 22.4. The Hall–Kier alpha value is -0.320. The number of halogens is 1. The second kappa shape index (κ2) is 7.97. The van der Waals surface area contributed by atoms with Crippen LogP contribution in [0.4, 0.5) is 0 Å². The lowest BCUT2D eigenvalue weighted by molar-refractivity contribution is -0.139. The monoisotopic (exact) mass is 278 g/mol. The van der Waals surface area contributed by atoms with Crippen molar-refractivity contribution >= 4 is 18.3 Å². The van der Waals surface area contributed by atoms with Crippen LogP contribution in [0.5, 0.6) is 0 Å². The standard InChI is InChI=1S/C13H26N2O2.ClH/c1-4-5-8-17-9-12(16)15-7-6-11(14)13(2,3)10-15;/h11H,4-10,14H2,1-3H3;1H. The maximum atomic E-state index is 11.9. The summed E-state index contributed by atoms with van der Waals surface area (Å²) in [6.45, 7) is 8.75. The minimum atomic E-state index is 0. The second-order valence-corrected chi connectivity index (χ2v) is 5.61. The zero-order chi connectivity index (χ0) is 12.9. The van der Waals surface area contributed by atoms with E-state index >= 15 is 0 Å². The fraction of sp³-hybridized carbons (Fsp3) is 0.923. The van der Waals surface area contributed by atoms with Crippen LogP contribution in [0.25, 0.3) is 0 Å². The molecule has 1 aliphatic heterocycles. The minimum Gasteiger partial charge on any atom is -0.372 e. The summed E-state index contributed by atoms with van der Waals surface area (Å²) in [5.41, 5.74) is 6.06. The van der Waals surface area contributed by atoms with E-state index in [-0.39, 0.29) is 36.4 Å². The molecule has 1 fully saturated rings. The van der Waals surface area contributed by atoms with Crippen molar-refractivity contribution in [3.05, 3.63) is 0 Å². The molecule has 0 aliphatic carbocycles. The van der Waals surface area contributed by atoms with E-state index in [0.29, 0.717) is 6.61 Å². The number of likely N-dealkylation sites (tertiary alicyclic amines) is 1.